The molecule has 0 saturated carbocycles. The Morgan fingerprint density at radius 3 is 2.21 bits per heavy atom. The minimum absolute atomic E-state index is 0. The molecular formula is C9H14NNaO3. The number of carboxylic acids is 1. The third-order valence-electron chi connectivity index (χ3n) is 1.49. The molecule has 0 aliphatic rings. The summed E-state index contributed by atoms with van der Waals surface area (Å²) in [4.78, 5) is 14.2. The van der Waals surface area contributed by atoms with Crippen LogP contribution in [-0.4, -0.2) is 23.0 Å². The first kappa shape index (κ1) is 16.1. The Hall–Kier alpha value is -0.320. The van der Waals surface area contributed by atoms with Crippen molar-refractivity contribution in [2.75, 3.05) is 0 Å². The molecule has 4 nitrogen and oxygen atoms in total. The van der Waals surface area contributed by atoms with Crippen molar-refractivity contribution in [2.45, 2.75) is 26.8 Å². The summed E-state index contributed by atoms with van der Waals surface area (Å²) in [7, 11) is 0. The molecule has 74 valence electrons. The van der Waals surface area contributed by atoms with Crippen LogP contribution in [0.3, 0.4) is 0 Å². The van der Waals surface area contributed by atoms with Gasteiger partial charge in [0, 0.05) is 0 Å². The number of carboxylic acid groups (broad SMARTS) is 1. The summed E-state index contributed by atoms with van der Waals surface area (Å²) < 4.78 is 0. The molecule has 0 rings (SSSR count). The Bertz CT molecular complexity index is 243. The van der Waals surface area contributed by atoms with Crippen molar-refractivity contribution in [3.8, 4) is 0 Å². The molecule has 0 unspecified atom stereocenters. The molecule has 0 amide bonds. The van der Waals surface area contributed by atoms with Gasteiger partial charge in [-0.2, -0.15) is 0 Å². The van der Waals surface area contributed by atoms with E-state index in [1.165, 1.54) is 0 Å². The summed E-state index contributed by atoms with van der Waals surface area (Å²) in [6.45, 7) is 8.36. The van der Waals surface area contributed by atoms with Crippen molar-refractivity contribution in [3.05, 3.63) is 12.7 Å². The van der Waals surface area contributed by atoms with Crippen LogP contribution < -0.4 is 34.7 Å². The predicted octanol–water partition coefficient (Wildman–Crippen LogP) is -2.57. The van der Waals surface area contributed by atoms with Crippen LogP contribution in [0.1, 0.15) is 20.8 Å². The van der Waals surface area contributed by atoms with E-state index in [9.17, 15) is 9.90 Å². The van der Waals surface area contributed by atoms with Crippen LogP contribution in [-0.2, 0) is 4.79 Å². The molecule has 0 fully saturated rings. The summed E-state index contributed by atoms with van der Waals surface area (Å²) >= 11 is 0. The van der Waals surface area contributed by atoms with Gasteiger partial charge in [0.05, 0.1) is 0 Å². The first-order chi connectivity index (χ1) is 5.79. The van der Waals surface area contributed by atoms with Gasteiger partial charge in [0.25, 0.3) is 0 Å². The summed E-state index contributed by atoms with van der Waals surface area (Å²) in [5.74, 6) is -1.69. The molecule has 5 heteroatoms. The smallest absolute Gasteiger partial charge is 0.859 e. The molecule has 0 aromatic carbocycles. The monoisotopic (exact) mass is 207 g/mol. The molecule has 1 N–H and O–H groups in total. The molecule has 1 atom stereocenters. The van der Waals surface area contributed by atoms with E-state index in [1.807, 2.05) is 0 Å². The Morgan fingerprint density at radius 2 is 2.00 bits per heavy atom. The first-order valence-corrected chi connectivity index (χ1v) is 3.89. The molecular weight excluding hydrogens is 193 g/mol. The zero-order valence-corrected chi connectivity index (χ0v) is 11.1. The molecule has 0 spiro atoms. The quantitative estimate of drug-likeness (QED) is 0.314. The average Bonchev–Trinajstić information content (AvgIpc) is 1.96. The van der Waals surface area contributed by atoms with Crippen molar-refractivity contribution >= 4 is 11.9 Å². The largest absolute Gasteiger partial charge is 1.00 e. The van der Waals surface area contributed by atoms with Crippen LogP contribution in [0.25, 0.3) is 0 Å². The average molecular weight is 207 g/mol. The zero-order chi connectivity index (χ0) is 10.6. The standard InChI is InChI=1S/C9H15NO3.Na/c1-5-6(11)10-7(8(12)13)9(2,3)4;/h5,7H,1H2,2-4H3,(H,10,11)(H,12,13);/q;+1/p-1/t7-;/m0./s1. The maximum atomic E-state index is 10.8. The number of carbonyl (C=O) groups is 1. The van der Waals surface area contributed by atoms with E-state index >= 15 is 0 Å². The molecule has 0 aliphatic carbocycles. The van der Waals surface area contributed by atoms with E-state index in [2.05, 4.69) is 11.6 Å². The van der Waals surface area contributed by atoms with Gasteiger partial charge in [-0.25, -0.2) is 4.79 Å². The number of rotatable bonds is 3. The van der Waals surface area contributed by atoms with Gasteiger partial charge < -0.3 is 10.2 Å². The van der Waals surface area contributed by atoms with Crippen molar-refractivity contribution in [1.29, 1.82) is 0 Å². The van der Waals surface area contributed by atoms with Gasteiger partial charge in [-0.15, -0.1) is 0 Å². The molecule has 0 bridgehead atoms. The number of hydrogen-bond acceptors (Lipinski definition) is 3. The topological polar surface area (TPSA) is 72.7 Å². The van der Waals surface area contributed by atoms with Crippen molar-refractivity contribution in [1.82, 2.24) is 0 Å². The fraction of sp³-hybridized carbons (Fsp3) is 0.556. The number of aliphatic imine (C=N–C) groups is 1. The van der Waals surface area contributed by atoms with E-state index in [0.717, 1.165) is 6.08 Å². The normalized spacial score (nSPS) is 14.1. The Labute approximate surface area is 106 Å². The Kier molecular flexibility index (Phi) is 7.16. The van der Waals surface area contributed by atoms with Gasteiger partial charge in [0.15, 0.2) is 6.04 Å². The minimum atomic E-state index is -1.09. The molecule has 14 heavy (non-hydrogen) atoms. The van der Waals surface area contributed by atoms with Gasteiger partial charge in [0.2, 0.25) is 0 Å². The van der Waals surface area contributed by atoms with Crippen LogP contribution in [0.15, 0.2) is 17.6 Å². The van der Waals surface area contributed by atoms with Gasteiger partial charge in [-0.05, 0) is 11.3 Å². The molecule has 0 aliphatic heterocycles. The summed E-state index contributed by atoms with van der Waals surface area (Å²) in [6, 6.07) is -1.02. The predicted molar refractivity (Wildman–Crippen MR) is 48.5 cm³/mol. The second-order valence-corrected chi connectivity index (χ2v) is 3.78. The van der Waals surface area contributed by atoms with Crippen LogP contribution in [0, 0.1) is 5.41 Å². The van der Waals surface area contributed by atoms with Gasteiger partial charge >= 0.3 is 35.5 Å². The maximum absolute atomic E-state index is 10.8. The van der Waals surface area contributed by atoms with E-state index in [0.29, 0.717) is 0 Å². The molecule has 0 aromatic heterocycles. The maximum Gasteiger partial charge on any atom is 1.00 e. The summed E-state index contributed by atoms with van der Waals surface area (Å²) in [5, 5.41) is 19.6. The van der Waals surface area contributed by atoms with Gasteiger partial charge in [-0.3, -0.25) is 4.99 Å². The fourth-order valence-corrected chi connectivity index (χ4v) is 0.799. The number of hydrogen-bond donors (Lipinski definition) is 1. The van der Waals surface area contributed by atoms with Crippen molar-refractivity contribution in [3.63, 3.8) is 0 Å². The van der Waals surface area contributed by atoms with Crippen LogP contribution in [0.5, 0.6) is 0 Å². The van der Waals surface area contributed by atoms with Crippen molar-refractivity contribution in [2.24, 2.45) is 10.4 Å². The Balaban J connectivity index is 0. The second-order valence-electron chi connectivity index (χ2n) is 3.78. The van der Waals surface area contributed by atoms with E-state index in [1.54, 1.807) is 20.8 Å². The minimum Gasteiger partial charge on any atom is -0.859 e. The van der Waals surface area contributed by atoms with Gasteiger partial charge in [-0.1, -0.05) is 33.4 Å². The third kappa shape index (κ3) is 5.42. The summed E-state index contributed by atoms with van der Waals surface area (Å²) in [5.41, 5.74) is -0.565. The van der Waals surface area contributed by atoms with E-state index in [-0.39, 0.29) is 29.6 Å². The van der Waals surface area contributed by atoms with E-state index < -0.39 is 23.3 Å². The Morgan fingerprint density at radius 1 is 1.57 bits per heavy atom. The molecule has 0 saturated heterocycles. The fourth-order valence-electron chi connectivity index (χ4n) is 0.799. The number of aliphatic carboxylic acids is 1. The van der Waals surface area contributed by atoms with Crippen LogP contribution >= 0.6 is 0 Å². The first-order valence-electron chi connectivity index (χ1n) is 3.89. The molecule has 0 heterocycles. The third-order valence-corrected chi connectivity index (χ3v) is 1.49. The van der Waals surface area contributed by atoms with Crippen molar-refractivity contribution < 1.29 is 44.6 Å². The zero-order valence-electron chi connectivity index (χ0n) is 9.07. The van der Waals surface area contributed by atoms with Crippen LogP contribution in [0.4, 0.5) is 0 Å². The molecule has 0 aromatic rings. The molecule has 0 radical (unpaired) electrons. The van der Waals surface area contributed by atoms with Gasteiger partial charge in [0.1, 0.15) is 0 Å². The second kappa shape index (κ2) is 6.22. The summed E-state index contributed by atoms with van der Waals surface area (Å²) in [6.07, 6.45) is 1.00. The SMILES string of the molecule is C=CC([O-])=N[C@@H](C(=O)O)C(C)(C)C.[Na+]. The number of nitrogens with zero attached hydrogens (tertiary/aromatic N) is 1. The van der Waals surface area contributed by atoms with E-state index in [4.69, 9.17) is 5.11 Å². The van der Waals surface area contributed by atoms with Crippen LogP contribution in [0.2, 0.25) is 0 Å².